The van der Waals surface area contributed by atoms with Crippen LogP contribution in [0.3, 0.4) is 0 Å². The molecule has 4 heterocycles. The largest absolute Gasteiger partial charge is 0.396 e. The average Bonchev–Trinajstić information content (AvgIpc) is 3.19. The van der Waals surface area contributed by atoms with E-state index in [1.165, 1.54) is 4.90 Å². The molecule has 9 heteroatoms. The fourth-order valence-corrected chi connectivity index (χ4v) is 6.97. The summed E-state index contributed by atoms with van der Waals surface area (Å²) in [6, 6.07) is 15.4. The summed E-state index contributed by atoms with van der Waals surface area (Å²) in [4.78, 5) is 47.6. The SMILES string of the molecule is C[C@]12C=CCN(c3ccccc3)C(=O)[C@H]1[C@H]1C(=O)N(CCCO)C3C(=O)N(c4ccccc4Cl)CC=C[C@@]31O2. The minimum Gasteiger partial charge on any atom is -0.396 e. The van der Waals surface area contributed by atoms with Gasteiger partial charge in [0.1, 0.15) is 11.6 Å². The number of aliphatic hydroxyl groups is 1. The van der Waals surface area contributed by atoms with E-state index in [0.717, 1.165) is 5.69 Å². The van der Waals surface area contributed by atoms with Crippen LogP contribution in [0.25, 0.3) is 0 Å². The predicted octanol–water partition coefficient (Wildman–Crippen LogP) is 3.20. The van der Waals surface area contributed by atoms with E-state index in [2.05, 4.69) is 0 Å². The molecule has 1 N–H and O–H groups in total. The van der Waals surface area contributed by atoms with E-state index in [1.807, 2.05) is 61.6 Å². The number of anilines is 2. The van der Waals surface area contributed by atoms with Crippen molar-refractivity contribution in [2.45, 2.75) is 30.6 Å². The van der Waals surface area contributed by atoms with Gasteiger partial charge in [-0.05, 0) is 37.6 Å². The molecule has 8 nitrogen and oxygen atoms in total. The van der Waals surface area contributed by atoms with Gasteiger partial charge in [-0.25, -0.2) is 0 Å². The highest BCUT2D eigenvalue weighted by Crippen LogP contribution is 2.57. The number of amides is 3. The number of fused-ring (bicyclic) bond motifs is 2. The van der Waals surface area contributed by atoms with Crippen molar-refractivity contribution in [3.05, 3.63) is 83.9 Å². The Balaban J connectivity index is 1.48. The molecular weight excluding hydrogens is 518 g/mol. The Hall–Kier alpha value is -3.46. The van der Waals surface area contributed by atoms with Gasteiger partial charge in [0.2, 0.25) is 11.8 Å². The molecule has 6 rings (SSSR count). The van der Waals surface area contributed by atoms with Gasteiger partial charge in [-0.1, -0.05) is 66.2 Å². The molecule has 5 atom stereocenters. The Morgan fingerprint density at radius 1 is 0.897 bits per heavy atom. The third-order valence-corrected chi connectivity index (χ3v) is 8.64. The zero-order chi connectivity index (χ0) is 27.4. The number of halogens is 1. The van der Waals surface area contributed by atoms with Crippen molar-refractivity contribution in [2.75, 3.05) is 36.0 Å². The van der Waals surface area contributed by atoms with E-state index in [4.69, 9.17) is 16.3 Å². The fourth-order valence-electron chi connectivity index (χ4n) is 6.73. The van der Waals surface area contributed by atoms with Crippen LogP contribution < -0.4 is 9.80 Å². The zero-order valence-electron chi connectivity index (χ0n) is 21.6. The molecule has 2 aromatic rings. The molecule has 4 aliphatic rings. The van der Waals surface area contributed by atoms with Crippen LogP contribution in [0.5, 0.6) is 0 Å². The van der Waals surface area contributed by atoms with Gasteiger partial charge in [-0.2, -0.15) is 0 Å². The van der Waals surface area contributed by atoms with Gasteiger partial charge < -0.3 is 24.5 Å². The van der Waals surface area contributed by atoms with Gasteiger partial charge in [0.05, 0.1) is 28.1 Å². The summed E-state index contributed by atoms with van der Waals surface area (Å²) >= 11 is 6.49. The highest BCUT2D eigenvalue weighted by molar-refractivity contribution is 6.34. The molecule has 3 amide bonds. The Bertz CT molecular complexity index is 1380. The number of hydrogen-bond acceptors (Lipinski definition) is 5. The number of para-hydroxylation sites is 2. The van der Waals surface area contributed by atoms with Crippen molar-refractivity contribution < 1.29 is 24.2 Å². The number of nitrogens with zero attached hydrogens (tertiary/aromatic N) is 3. The molecule has 202 valence electrons. The smallest absolute Gasteiger partial charge is 0.253 e. The van der Waals surface area contributed by atoms with Gasteiger partial charge in [0.25, 0.3) is 5.91 Å². The lowest BCUT2D eigenvalue weighted by Crippen LogP contribution is -2.56. The number of carbonyl (C=O) groups excluding carboxylic acids is 3. The Morgan fingerprint density at radius 3 is 2.33 bits per heavy atom. The van der Waals surface area contributed by atoms with Gasteiger partial charge >= 0.3 is 0 Å². The van der Waals surface area contributed by atoms with Crippen LogP contribution in [0, 0.1) is 11.8 Å². The Labute approximate surface area is 232 Å². The second-order valence-electron chi connectivity index (χ2n) is 10.6. The minimum absolute atomic E-state index is 0.141. The van der Waals surface area contributed by atoms with Gasteiger partial charge in [-0.15, -0.1) is 0 Å². The lowest BCUT2D eigenvalue weighted by atomic mass is 9.74. The quantitative estimate of drug-likeness (QED) is 0.581. The molecule has 0 aromatic heterocycles. The highest BCUT2D eigenvalue weighted by atomic mass is 35.5. The summed E-state index contributed by atoms with van der Waals surface area (Å²) in [5, 5.41) is 10.0. The van der Waals surface area contributed by atoms with Crippen molar-refractivity contribution in [3.63, 3.8) is 0 Å². The molecule has 1 spiro atoms. The summed E-state index contributed by atoms with van der Waals surface area (Å²) in [7, 11) is 0. The van der Waals surface area contributed by atoms with Crippen LogP contribution in [-0.4, -0.2) is 71.2 Å². The van der Waals surface area contributed by atoms with Crippen LogP contribution in [-0.2, 0) is 19.1 Å². The van der Waals surface area contributed by atoms with E-state index in [9.17, 15) is 19.5 Å². The number of aliphatic hydroxyl groups excluding tert-OH is 1. The number of benzene rings is 2. The van der Waals surface area contributed by atoms with Crippen molar-refractivity contribution in [1.29, 1.82) is 0 Å². The monoisotopic (exact) mass is 547 g/mol. The lowest BCUT2D eigenvalue weighted by molar-refractivity contribution is -0.144. The molecular formula is C30H30ClN3O5. The third kappa shape index (κ3) is 3.84. The number of rotatable bonds is 5. The molecule has 2 fully saturated rings. The number of ether oxygens (including phenoxy) is 1. The fraction of sp³-hybridized carbons (Fsp3) is 0.367. The summed E-state index contributed by atoms with van der Waals surface area (Å²) < 4.78 is 6.82. The molecule has 2 aromatic carbocycles. The van der Waals surface area contributed by atoms with Crippen LogP contribution in [0.15, 0.2) is 78.9 Å². The number of carbonyl (C=O) groups is 3. The van der Waals surface area contributed by atoms with E-state index >= 15 is 0 Å². The predicted molar refractivity (Wildman–Crippen MR) is 147 cm³/mol. The van der Waals surface area contributed by atoms with E-state index < -0.39 is 29.1 Å². The number of likely N-dealkylation sites (tertiary alicyclic amines) is 1. The van der Waals surface area contributed by atoms with Crippen LogP contribution in [0.4, 0.5) is 11.4 Å². The standard InChI is InChI=1S/C30H30ClN3O5/c1-29-14-7-16-32(20-10-3-2-4-11-20)26(36)23(29)24-27(37)34(18-9-19-35)25-28(38)33(17-8-15-30(24,25)39-29)22-13-6-5-12-21(22)31/h2-8,10-15,23-25,35H,9,16-19H2,1H3/t23-,24+,25?,29+,30+/m1/s1. The van der Waals surface area contributed by atoms with Crippen molar-refractivity contribution >= 4 is 40.7 Å². The first-order valence-electron chi connectivity index (χ1n) is 13.2. The van der Waals surface area contributed by atoms with Crippen LogP contribution in [0.1, 0.15) is 13.3 Å². The van der Waals surface area contributed by atoms with Crippen molar-refractivity contribution in [1.82, 2.24) is 4.90 Å². The molecule has 0 bridgehead atoms. The molecule has 39 heavy (non-hydrogen) atoms. The van der Waals surface area contributed by atoms with E-state index in [1.54, 1.807) is 34.1 Å². The summed E-state index contributed by atoms with van der Waals surface area (Å²) in [6.07, 6.45) is 7.68. The first-order valence-corrected chi connectivity index (χ1v) is 13.6. The maximum atomic E-state index is 14.4. The molecule has 0 saturated carbocycles. The third-order valence-electron chi connectivity index (χ3n) is 8.33. The van der Waals surface area contributed by atoms with Gasteiger partial charge in [0.15, 0.2) is 0 Å². The maximum Gasteiger partial charge on any atom is 0.253 e. The summed E-state index contributed by atoms with van der Waals surface area (Å²) in [5.74, 6) is -2.65. The lowest BCUT2D eigenvalue weighted by Gasteiger charge is -2.37. The van der Waals surface area contributed by atoms with Gasteiger partial charge in [0, 0.05) is 31.9 Å². The Kier molecular flexibility index (Phi) is 6.37. The Morgan fingerprint density at radius 2 is 1.59 bits per heavy atom. The van der Waals surface area contributed by atoms with Gasteiger partial charge in [-0.3, -0.25) is 14.4 Å². The highest BCUT2D eigenvalue weighted by Gasteiger charge is 2.74. The average molecular weight is 548 g/mol. The summed E-state index contributed by atoms with van der Waals surface area (Å²) in [5.41, 5.74) is -1.20. The maximum absolute atomic E-state index is 14.4. The summed E-state index contributed by atoms with van der Waals surface area (Å²) in [6.45, 7) is 2.43. The first kappa shape index (κ1) is 25.8. The molecule has 1 unspecified atom stereocenters. The second kappa shape index (κ2) is 9.62. The van der Waals surface area contributed by atoms with Crippen molar-refractivity contribution in [3.8, 4) is 0 Å². The molecule has 2 saturated heterocycles. The molecule has 4 aliphatic heterocycles. The zero-order valence-corrected chi connectivity index (χ0v) is 22.3. The first-order chi connectivity index (χ1) is 18.8. The number of hydrogen-bond donors (Lipinski definition) is 1. The normalized spacial score (nSPS) is 31.7. The van der Waals surface area contributed by atoms with Crippen LogP contribution in [0.2, 0.25) is 5.02 Å². The van der Waals surface area contributed by atoms with E-state index in [0.29, 0.717) is 23.7 Å². The van der Waals surface area contributed by atoms with E-state index in [-0.39, 0.29) is 37.4 Å². The molecule has 0 radical (unpaired) electrons. The van der Waals surface area contributed by atoms with Crippen molar-refractivity contribution in [2.24, 2.45) is 11.8 Å². The van der Waals surface area contributed by atoms with Crippen LogP contribution >= 0.6 is 11.6 Å². The topological polar surface area (TPSA) is 90.4 Å². The second-order valence-corrected chi connectivity index (χ2v) is 11.0. The molecule has 0 aliphatic carbocycles. The minimum atomic E-state index is -1.36.